The smallest absolute Gasteiger partial charge is 0.0602 e. The molecule has 1 saturated carbocycles. The van der Waals surface area contributed by atoms with Gasteiger partial charge in [0.15, 0.2) is 0 Å². The SMILES string of the molecule is CC1=C(/C=C/C(C)=C/C=C/C(C)=C/C=C/C=C(C)/C=C/C=C(\C)CCC(O)[C@]2(C)C[C@@H](O)CC2(C)C)C(C)(C)C[C@H](O)C1. The van der Waals surface area contributed by atoms with Gasteiger partial charge in [-0.15, -0.1) is 0 Å². The largest absolute Gasteiger partial charge is 0.393 e. The minimum Gasteiger partial charge on any atom is -0.393 e. The van der Waals surface area contributed by atoms with Gasteiger partial charge in [-0.3, -0.25) is 0 Å². The zero-order valence-electron chi connectivity index (χ0n) is 28.7. The molecule has 2 rings (SSSR count). The van der Waals surface area contributed by atoms with Gasteiger partial charge in [0.2, 0.25) is 0 Å². The average molecular weight is 589 g/mol. The third-order valence-corrected chi connectivity index (χ3v) is 9.78. The van der Waals surface area contributed by atoms with Crippen LogP contribution < -0.4 is 0 Å². The second kappa shape index (κ2) is 16.0. The molecule has 0 aromatic heterocycles. The van der Waals surface area contributed by atoms with Crippen LogP contribution in [-0.4, -0.2) is 33.6 Å². The summed E-state index contributed by atoms with van der Waals surface area (Å²) in [6, 6.07) is 0. The van der Waals surface area contributed by atoms with Gasteiger partial charge >= 0.3 is 0 Å². The van der Waals surface area contributed by atoms with E-state index < -0.39 is 6.10 Å². The van der Waals surface area contributed by atoms with E-state index in [-0.39, 0.29) is 28.5 Å². The minimum atomic E-state index is -0.417. The standard InChI is InChI=1S/C40H60O3/c1-29(17-13-19-31(3)21-23-36-33(5)25-34(41)26-38(36,6)7)15-11-12-16-30(2)18-14-20-32(4)22-24-37(43)40(10)28-35(42)27-39(40,8)9/h11-21,23,34-35,37,41-43H,22,24-28H2,1-10H3/b12-11+,17-13+,18-14+,23-21+,29-15+,30-16+,31-19+,32-20+/t34-,35+,37?,40+/m1/s1. The molecular weight excluding hydrogens is 528 g/mol. The molecule has 0 radical (unpaired) electrons. The van der Waals surface area contributed by atoms with E-state index >= 15 is 0 Å². The quantitative estimate of drug-likeness (QED) is 0.199. The number of allylic oxidation sites excluding steroid dienone is 17. The molecule has 4 atom stereocenters. The lowest BCUT2D eigenvalue weighted by Gasteiger charge is -2.42. The first-order valence-corrected chi connectivity index (χ1v) is 16.1. The molecule has 0 amide bonds. The lowest BCUT2D eigenvalue weighted by molar-refractivity contribution is -0.0338. The second-order valence-corrected chi connectivity index (χ2v) is 14.7. The van der Waals surface area contributed by atoms with Crippen molar-refractivity contribution in [2.75, 3.05) is 0 Å². The number of aliphatic hydroxyl groups is 3. The minimum absolute atomic E-state index is 0.000173. The average Bonchev–Trinajstić information content (AvgIpc) is 3.10. The van der Waals surface area contributed by atoms with E-state index in [1.54, 1.807) is 0 Å². The molecule has 3 N–H and O–H groups in total. The van der Waals surface area contributed by atoms with Crippen molar-refractivity contribution in [3.05, 3.63) is 106 Å². The number of hydrogen-bond acceptors (Lipinski definition) is 3. The molecule has 0 saturated heterocycles. The Morgan fingerprint density at radius 1 is 0.744 bits per heavy atom. The molecule has 2 aliphatic carbocycles. The fourth-order valence-electron chi connectivity index (χ4n) is 6.71. The van der Waals surface area contributed by atoms with Crippen LogP contribution in [0.5, 0.6) is 0 Å². The molecule has 2 aliphatic rings. The topological polar surface area (TPSA) is 60.7 Å². The molecule has 0 aliphatic heterocycles. The van der Waals surface area contributed by atoms with Crippen LogP contribution in [0.25, 0.3) is 0 Å². The molecule has 238 valence electrons. The van der Waals surface area contributed by atoms with Crippen molar-refractivity contribution in [2.24, 2.45) is 16.2 Å². The Balaban J connectivity index is 1.84. The zero-order valence-corrected chi connectivity index (χ0v) is 28.7. The Morgan fingerprint density at radius 2 is 1.28 bits per heavy atom. The van der Waals surface area contributed by atoms with E-state index in [0.29, 0.717) is 12.8 Å². The van der Waals surface area contributed by atoms with Gasteiger partial charge in [0, 0.05) is 5.41 Å². The highest BCUT2D eigenvalue weighted by Gasteiger charge is 2.52. The highest BCUT2D eigenvalue weighted by atomic mass is 16.3. The van der Waals surface area contributed by atoms with Crippen LogP contribution in [0.15, 0.2) is 106 Å². The summed E-state index contributed by atoms with van der Waals surface area (Å²) in [4.78, 5) is 0. The van der Waals surface area contributed by atoms with Crippen molar-refractivity contribution in [3.8, 4) is 0 Å². The summed E-state index contributed by atoms with van der Waals surface area (Å²) < 4.78 is 0. The normalized spacial score (nSPS) is 28.4. The number of rotatable bonds is 12. The van der Waals surface area contributed by atoms with Gasteiger partial charge in [0.05, 0.1) is 18.3 Å². The van der Waals surface area contributed by atoms with Crippen LogP contribution >= 0.6 is 0 Å². The van der Waals surface area contributed by atoms with E-state index in [1.807, 2.05) is 0 Å². The van der Waals surface area contributed by atoms with E-state index in [0.717, 1.165) is 25.7 Å². The van der Waals surface area contributed by atoms with E-state index in [2.05, 4.69) is 142 Å². The van der Waals surface area contributed by atoms with Crippen LogP contribution in [0.3, 0.4) is 0 Å². The summed E-state index contributed by atoms with van der Waals surface area (Å²) in [5.74, 6) is 0. The summed E-state index contributed by atoms with van der Waals surface area (Å²) in [7, 11) is 0. The van der Waals surface area contributed by atoms with Gasteiger partial charge in [-0.2, -0.15) is 0 Å². The second-order valence-electron chi connectivity index (χ2n) is 14.7. The van der Waals surface area contributed by atoms with E-state index in [1.165, 1.54) is 33.4 Å². The Hall–Kier alpha value is -2.46. The zero-order chi connectivity index (χ0) is 32.4. The molecule has 1 fully saturated rings. The van der Waals surface area contributed by atoms with Crippen molar-refractivity contribution in [2.45, 2.75) is 126 Å². The molecule has 0 aromatic carbocycles. The van der Waals surface area contributed by atoms with Gasteiger partial charge in [-0.1, -0.05) is 135 Å². The molecule has 0 aromatic rings. The van der Waals surface area contributed by atoms with Crippen molar-refractivity contribution >= 4 is 0 Å². The third-order valence-electron chi connectivity index (χ3n) is 9.78. The van der Waals surface area contributed by atoms with Gasteiger partial charge in [-0.25, -0.2) is 0 Å². The van der Waals surface area contributed by atoms with E-state index in [4.69, 9.17) is 0 Å². The van der Waals surface area contributed by atoms with Crippen molar-refractivity contribution < 1.29 is 15.3 Å². The first-order valence-electron chi connectivity index (χ1n) is 16.1. The summed E-state index contributed by atoms with van der Waals surface area (Å²) in [5, 5.41) is 31.2. The van der Waals surface area contributed by atoms with Crippen LogP contribution in [0.1, 0.15) is 108 Å². The number of aliphatic hydroxyl groups excluding tert-OH is 3. The summed E-state index contributed by atoms with van der Waals surface area (Å²) in [6.07, 6.45) is 29.0. The summed E-state index contributed by atoms with van der Waals surface area (Å²) >= 11 is 0. The predicted octanol–water partition coefficient (Wildman–Crippen LogP) is 9.82. The molecule has 1 unspecified atom stereocenters. The lowest BCUT2D eigenvalue weighted by atomic mass is 9.65. The Labute approximate surface area is 263 Å². The Bertz CT molecular complexity index is 1220. The van der Waals surface area contributed by atoms with Crippen LogP contribution in [0.4, 0.5) is 0 Å². The van der Waals surface area contributed by atoms with Crippen LogP contribution in [0.2, 0.25) is 0 Å². The first kappa shape index (κ1) is 36.7. The van der Waals surface area contributed by atoms with Crippen molar-refractivity contribution in [1.29, 1.82) is 0 Å². The molecule has 0 spiro atoms. The van der Waals surface area contributed by atoms with Gasteiger partial charge in [0.25, 0.3) is 0 Å². The third kappa shape index (κ3) is 11.2. The van der Waals surface area contributed by atoms with Crippen LogP contribution in [0, 0.1) is 16.2 Å². The Morgan fingerprint density at radius 3 is 1.81 bits per heavy atom. The molecule has 3 nitrogen and oxygen atoms in total. The predicted molar refractivity (Wildman–Crippen MR) is 186 cm³/mol. The summed E-state index contributed by atoms with van der Waals surface area (Å²) in [6.45, 7) is 21.4. The maximum Gasteiger partial charge on any atom is 0.0602 e. The van der Waals surface area contributed by atoms with Gasteiger partial charge < -0.3 is 15.3 Å². The van der Waals surface area contributed by atoms with Crippen LogP contribution in [-0.2, 0) is 0 Å². The molecule has 43 heavy (non-hydrogen) atoms. The molecule has 3 heteroatoms. The fourth-order valence-corrected chi connectivity index (χ4v) is 6.71. The monoisotopic (exact) mass is 588 g/mol. The molecule has 0 heterocycles. The molecular formula is C40H60O3. The van der Waals surface area contributed by atoms with Gasteiger partial charge in [-0.05, 0) is 89.5 Å². The first-order chi connectivity index (χ1) is 20.0. The highest BCUT2D eigenvalue weighted by Crippen LogP contribution is 2.55. The Kier molecular flexibility index (Phi) is 13.7. The van der Waals surface area contributed by atoms with Crippen molar-refractivity contribution in [3.63, 3.8) is 0 Å². The lowest BCUT2D eigenvalue weighted by Crippen LogP contribution is -2.41. The maximum atomic E-state index is 11.0. The molecule has 0 bridgehead atoms. The fraction of sp³-hybridized carbons (Fsp3) is 0.550. The summed E-state index contributed by atoms with van der Waals surface area (Å²) in [5.41, 5.74) is 7.10. The van der Waals surface area contributed by atoms with Gasteiger partial charge in [0.1, 0.15) is 0 Å². The highest BCUT2D eigenvalue weighted by molar-refractivity contribution is 5.38. The van der Waals surface area contributed by atoms with E-state index in [9.17, 15) is 15.3 Å². The maximum absolute atomic E-state index is 11.0. The number of hydrogen-bond donors (Lipinski definition) is 3. The van der Waals surface area contributed by atoms with Crippen molar-refractivity contribution in [1.82, 2.24) is 0 Å².